The van der Waals surface area contributed by atoms with Crippen LogP contribution in [0.4, 0.5) is 9.18 Å². The lowest BCUT2D eigenvalue weighted by Crippen LogP contribution is -2.45. The lowest BCUT2D eigenvalue weighted by molar-refractivity contribution is -0.144. The Labute approximate surface area is 193 Å². The van der Waals surface area contributed by atoms with Crippen molar-refractivity contribution in [2.24, 2.45) is 5.92 Å². The van der Waals surface area contributed by atoms with E-state index in [1.807, 2.05) is 4.90 Å². The Morgan fingerprint density at radius 1 is 1.24 bits per heavy atom. The molecule has 1 aliphatic rings. The zero-order chi connectivity index (χ0) is 24.4. The first-order valence-electron chi connectivity index (χ1n) is 11.0. The molecule has 33 heavy (non-hydrogen) atoms. The molecular weight excluding hydrogens is 429 g/mol. The number of hydrogen-bond acceptors (Lipinski definition) is 6. The van der Waals surface area contributed by atoms with Crippen LogP contribution in [0.5, 0.6) is 5.88 Å². The summed E-state index contributed by atoms with van der Waals surface area (Å²) < 4.78 is 25.5. The van der Waals surface area contributed by atoms with E-state index in [9.17, 15) is 14.7 Å². The van der Waals surface area contributed by atoms with Gasteiger partial charge in [-0.15, -0.1) is 0 Å². The quantitative estimate of drug-likeness (QED) is 0.650. The van der Waals surface area contributed by atoms with Gasteiger partial charge in [0.1, 0.15) is 16.8 Å². The topological polar surface area (TPSA) is 101 Å². The number of fused-ring (bicyclic) bond motifs is 1. The molecule has 0 aliphatic carbocycles. The van der Waals surface area contributed by atoms with E-state index in [-0.39, 0.29) is 29.4 Å². The molecular formula is C24H32FN3O5. The predicted octanol–water partition coefficient (Wildman–Crippen LogP) is 3.57. The van der Waals surface area contributed by atoms with Gasteiger partial charge in [0.25, 0.3) is 0 Å². The van der Waals surface area contributed by atoms with Crippen molar-refractivity contribution >= 4 is 23.0 Å². The number of ether oxygens (including phenoxy) is 2. The first-order valence-corrected chi connectivity index (χ1v) is 11.0. The number of nitrogens with zero attached hydrogens (tertiary/aromatic N) is 2. The van der Waals surface area contributed by atoms with Crippen molar-refractivity contribution in [1.82, 2.24) is 15.2 Å². The Hall–Kier alpha value is -2.94. The Morgan fingerprint density at radius 3 is 2.58 bits per heavy atom. The first kappa shape index (κ1) is 24.7. The SMILES string of the molecule is COc1ccc2ccc(F)c(C(C)(CN3CC[C@H](CNC(=O)OC(C)(C)C)C3)C(=O)O)c2n1. The van der Waals surface area contributed by atoms with Gasteiger partial charge in [-0.3, -0.25) is 4.79 Å². The number of halogens is 1. The molecule has 0 radical (unpaired) electrons. The number of carboxylic acid groups (broad SMARTS) is 1. The minimum Gasteiger partial charge on any atom is -0.481 e. The molecule has 180 valence electrons. The maximum absolute atomic E-state index is 15.1. The van der Waals surface area contributed by atoms with Crippen molar-refractivity contribution in [1.29, 1.82) is 0 Å². The Kier molecular flexibility index (Phi) is 7.11. The summed E-state index contributed by atoms with van der Waals surface area (Å²) in [7, 11) is 1.46. The third-order valence-corrected chi connectivity index (χ3v) is 5.86. The molecule has 1 saturated heterocycles. The van der Waals surface area contributed by atoms with Crippen LogP contribution < -0.4 is 10.1 Å². The lowest BCUT2D eigenvalue weighted by atomic mass is 9.80. The number of benzene rings is 1. The van der Waals surface area contributed by atoms with Gasteiger partial charge in [-0.2, -0.15) is 0 Å². The summed E-state index contributed by atoms with van der Waals surface area (Å²) >= 11 is 0. The summed E-state index contributed by atoms with van der Waals surface area (Å²) in [6.45, 7) is 8.69. The molecule has 8 nitrogen and oxygen atoms in total. The van der Waals surface area contributed by atoms with E-state index < -0.39 is 28.9 Å². The highest BCUT2D eigenvalue weighted by atomic mass is 19.1. The van der Waals surface area contributed by atoms with Crippen LogP contribution in [-0.4, -0.2) is 65.9 Å². The number of aromatic nitrogens is 1. The fraction of sp³-hybridized carbons (Fsp3) is 0.542. The van der Waals surface area contributed by atoms with Crippen molar-refractivity contribution in [2.45, 2.75) is 45.1 Å². The van der Waals surface area contributed by atoms with Gasteiger partial charge in [0.2, 0.25) is 5.88 Å². The molecule has 2 atom stereocenters. The number of likely N-dealkylation sites (tertiary alicyclic amines) is 1. The number of pyridine rings is 1. The largest absolute Gasteiger partial charge is 0.481 e. The van der Waals surface area contributed by atoms with E-state index in [4.69, 9.17) is 9.47 Å². The molecule has 0 saturated carbocycles. The number of aliphatic carboxylic acids is 1. The number of methoxy groups -OCH3 is 1. The van der Waals surface area contributed by atoms with Crippen LogP contribution in [0, 0.1) is 11.7 Å². The molecule has 1 aliphatic heterocycles. The third kappa shape index (κ3) is 5.71. The lowest BCUT2D eigenvalue weighted by Gasteiger charge is -2.31. The Morgan fingerprint density at radius 2 is 1.94 bits per heavy atom. The number of alkyl carbamates (subject to hydrolysis) is 1. The van der Waals surface area contributed by atoms with Gasteiger partial charge < -0.3 is 24.8 Å². The standard InChI is InChI=1S/C24H32FN3O5/c1-23(2,3)33-22(31)26-12-15-10-11-28(13-15)14-24(4,21(29)30)19-17(25)8-6-16-7-9-18(32-5)27-20(16)19/h6-9,15H,10-14H2,1-5H3,(H,26,31)(H,29,30)/t15-,24?/m1/s1. The molecule has 1 aromatic heterocycles. The van der Waals surface area contributed by atoms with E-state index in [2.05, 4.69) is 10.3 Å². The van der Waals surface area contributed by atoms with Crippen LogP contribution in [0.25, 0.3) is 10.9 Å². The van der Waals surface area contributed by atoms with Crippen molar-refractivity contribution in [3.8, 4) is 5.88 Å². The van der Waals surface area contributed by atoms with Gasteiger partial charge in [0.15, 0.2) is 0 Å². The number of carbonyl (C=O) groups is 2. The molecule has 9 heteroatoms. The molecule has 0 spiro atoms. The van der Waals surface area contributed by atoms with Crippen molar-refractivity contribution in [2.75, 3.05) is 33.3 Å². The minimum atomic E-state index is -1.53. The number of rotatable bonds is 7. The fourth-order valence-corrected chi connectivity index (χ4v) is 4.25. The second-order valence-corrected chi connectivity index (χ2v) is 9.76. The van der Waals surface area contributed by atoms with Gasteiger partial charge in [0.05, 0.1) is 12.6 Å². The van der Waals surface area contributed by atoms with Crippen LogP contribution in [0.2, 0.25) is 0 Å². The minimum absolute atomic E-state index is 0.0433. The molecule has 1 aromatic carbocycles. The third-order valence-electron chi connectivity index (χ3n) is 5.86. The van der Waals surface area contributed by atoms with Crippen LogP contribution in [0.3, 0.4) is 0 Å². The van der Waals surface area contributed by atoms with Crippen LogP contribution in [0.1, 0.15) is 39.7 Å². The molecule has 1 amide bonds. The van der Waals surface area contributed by atoms with Gasteiger partial charge in [-0.25, -0.2) is 14.2 Å². The highest BCUT2D eigenvalue weighted by molar-refractivity contribution is 5.91. The number of hydrogen-bond donors (Lipinski definition) is 2. The monoisotopic (exact) mass is 461 g/mol. The normalized spacial score (nSPS) is 18.7. The smallest absolute Gasteiger partial charge is 0.407 e. The highest BCUT2D eigenvalue weighted by Gasteiger charge is 2.42. The Bertz CT molecular complexity index is 1040. The van der Waals surface area contributed by atoms with Crippen molar-refractivity contribution in [3.63, 3.8) is 0 Å². The number of amides is 1. The summed E-state index contributed by atoms with van der Waals surface area (Å²) in [5.74, 6) is -1.31. The zero-order valence-corrected chi connectivity index (χ0v) is 19.8. The van der Waals surface area contributed by atoms with Crippen molar-refractivity contribution in [3.05, 3.63) is 35.6 Å². The summed E-state index contributed by atoms with van der Waals surface area (Å²) in [5.41, 5.74) is -1.78. The van der Waals surface area contributed by atoms with E-state index in [1.54, 1.807) is 39.0 Å². The molecule has 2 heterocycles. The highest BCUT2D eigenvalue weighted by Crippen LogP contribution is 2.35. The van der Waals surface area contributed by atoms with Gasteiger partial charge >= 0.3 is 12.1 Å². The van der Waals surface area contributed by atoms with Crippen LogP contribution in [0.15, 0.2) is 24.3 Å². The van der Waals surface area contributed by atoms with E-state index >= 15 is 4.39 Å². The van der Waals surface area contributed by atoms with Crippen LogP contribution >= 0.6 is 0 Å². The van der Waals surface area contributed by atoms with E-state index in [1.165, 1.54) is 20.1 Å². The Balaban J connectivity index is 1.78. The number of carboxylic acids is 1. The maximum atomic E-state index is 15.1. The maximum Gasteiger partial charge on any atom is 0.407 e. The second-order valence-electron chi connectivity index (χ2n) is 9.76. The van der Waals surface area contributed by atoms with Gasteiger partial charge in [-0.1, -0.05) is 0 Å². The first-order chi connectivity index (χ1) is 15.4. The molecule has 1 fully saturated rings. The van der Waals surface area contributed by atoms with E-state index in [0.29, 0.717) is 25.0 Å². The fourth-order valence-electron chi connectivity index (χ4n) is 4.25. The van der Waals surface area contributed by atoms with Crippen molar-refractivity contribution < 1.29 is 28.6 Å². The molecule has 2 N–H and O–H groups in total. The summed E-state index contributed by atoms with van der Waals surface area (Å²) in [6, 6.07) is 6.26. The molecule has 2 aromatic rings. The molecule has 1 unspecified atom stereocenters. The number of nitrogens with one attached hydrogen (secondary N) is 1. The summed E-state index contributed by atoms with van der Waals surface area (Å²) in [5, 5.41) is 13.6. The van der Waals surface area contributed by atoms with Crippen LogP contribution in [-0.2, 0) is 14.9 Å². The average molecular weight is 462 g/mol. The predicted molar refractivity (Wildman–Crippen MR) is 122 cm³/mol. The summed E-state index contributed by atoms with van der Waals surface area (Å²) in [4.78, 5) is 30.8. The summed E-state index contributed by atoms with van der Waals surface area (Å²) in [6.07, 6.45) is 0.310. The molecule has 3 rings (SSSR count). The number of carbonyl (C=O) groups excluding carboxylic acids is 1. The van der Waals surface area contributed by atoms with Gasteiger partial charge in [0, 0.05) is 36.7 Å². The zero-order valence-electron chi connectivity index (χ0n) is 19.8. The van der Waals surface area contributed by atoms with E-state index in [0.717, 1.165) is 6.42 Å². The second kappa shape index (κ2) is 9.51. The molecule has 0 bridgehead atoms. The average Bonchev–Trinajstić information content (AvgIpc) is 3.17. The van der Waals surface area contributed by atoms with Gasteiger partial charge in [-0.05, 0) is 64.8 Å².